The molecule has 0 radical (unpaired) electrons. The van der Waals surface area contributed by atoms with Crippen molar-refractivity contribution < 1.29 is 14.7 Å². The second-order valence-electron chi connectivity index (χ2n) is 5.72. The number of hydrogen-bond donors (Lipinski definition) is 3. The van der Waals surface area contributed by atoms with Gasteiger partial charge in [0.15, 0.2) is 5.82 Å². The van der Waals surface area contributed by atoms with Crippen molar-refractivity contribution in [1.29, 1.82) is 0 Å². The number of anilines is 1. The number of aromatic carboxylic acids is 1. The molecular weight excluding hydrogens is 430 g/mol. The van der Waals surface area contributed by atoms with Crippen LogP contribution in [0.25, 0.3) is 21.5 Å². The van der Waals surface area contributed by atoms with E-state index in [-0.39, 0.29) is 17.1 Å². The van der Waals surface area contributed by atoms with Gasteiger partial charge in [0.1, 0.15) is 5.56 Å². The van der Waals surface area contributed by atoms with E-state index in [4.69, 9.17) is 0 Å². The van der Waals surface area contributed by atoms with Crippen LogP contribution in [0.3, 0.4) is 0 Å². The largest absolute Gasteiger partial charge is 0.478 e. The van der Waals surface area contributed by atoms with E-state index in [2.05, 4.69) is 31.2 Å². The molecule has 4 rings (SSSR count). The molecule has 3 N–H and O–H groups in total. The van der Waals surface area contributed by atoms with Gasteiger partial charge in [-0.05, 0) is 29.8 Å². The van der Waals surface area contributed by atoms with Crippen LogP contribution >= 0.6 is 27.3 Å². The number of benzene rings is 2. The van der Waals surface area contributed by atoms with Crippen LogP contribution < -0.4 is 5.32 Å². The number of aromatic nitrogens is 2. The highest BCUT2D eigenvalue weighted by molar-refractivity contribution is 9.10. The zero-order valence-corrected chi connectivity index (χ0v) is 16.1. The fraction of sp³-hybridized carbons (Fsp3) is 0. The van der Waals surface area contributed by atoms with E-state index in [1.165, 1.54) is 11.3 Å². The minimum Gasteiger partial charge on any atom is -0.478 e. The van der Waals surface area contributed by atoms with Gasteiger partial charge in [0.05, 0.1) is 21.6 Å². The molecule has 0 aliphatic heterocycles. The lowest BCUT2D eigenvalue weighted by Crippen LogP contribution is -2.15. The molecule has 2 heterocycles. The molecule has 0 saturated heterocycles. The molecule has 134 valence electrons. The number of imidazole rings is 1. The van der Waals surface area contributed by atoms with Gasteiger partial charge in [-0.2, -0.15) is 0 Å². The number of amides is 1. The first-order valence-electron chi connectivity index (χ1n) is 7.90. The molecule has 0 atom stereocenters. The Morgan fingerprint density at radius 3 is 2.56 bits per heavy atom. The van der Waals surface area contributed by atoms with Gasteiger partial charge in [-0.25, -0.2) is 9.78 Å². The van der Waals surface area contributed by atoms with E-state index in [0.29, 0.717) is 10.4 Å². The van der Waals surface area contributed by atoms with Crippen LogP contribution in [0.15, 0.2) is 58.4 Å². The summed E-state index contributed by atoms with van der Waals surface area (Å²) >= 11 is 4.63. The maximum Gasteiger partial charge on any atom is 0.339 e. The number of carboxylic acids is 1. The fourth-order valence-corrected chi connectivity index (χ4v) is 3.98. The standard InChI is InChI=1S/C19H12BrN3O3S/c20-11-7-5-10(6-8-11)16-15(19(25)26)14(9-27-16)23-18(24)17-21-12-3-1-2-4-13(12)22-17/h1-9H,(H,21,22)(H,23,24)(H,25,26). The van der Waals surface area contributed by atoms with Crippen molar-refractivity contribution in [3.63, 3.8) is 0 Å². The summed E-state index contributed by atoms with van der Waals surface area (Å²) in [6.45, 7) is 0. The van der Waals surface area contributed by atoms with Crippen LogP contribution in [0.4, 0.5) is 5.69 Å². The number of thiophene rings is 1. The van der Waals surface area contributed by atoms with Gasteiger partial charge in [-0.3, -0.25) is 4.79 Å². The number of carboxylic acid groups (broad SMARTS) is 1. The Labute approximate surface area is 166 Å². The van der Waals surface area contributed by atoms with Gasteiger partial charge in [0.2, 0.25) is 0 Å². The summed E-state index contributed by atoms with van der Waals surface area (Å²) in [6, 6.07) is 14.6. The van der Waals surface area contributed by atoms with Gasteiger partial charge in [0, 0.05) is 9.85 Å². The van der Waals surface area contributed by atoms with Crippen molar-refractivity contribution in [3.8, 4) is 10.4 Å². The van der Waals surface area contributed by atoms with Crippen molar-refractivity contribution >= 4 is 55.9 Å². The van der Waals surface area contributed by atoms with Crippen molar-refractivity contribution in [2.24, 2.45) is 0 Å². The number of halogens is 1. The Morgan fingerprint density at radius 2 is 1.85 bits per heavy atom. The average molecular weight is 442 g/mol. The lowest BCUT2D eigenvalue weighted by atomic mass is 10.1. The molecule has 8 heteroatoms. The Bertz CT molecular complexity index is 1130. The number of nitrogens with zero attached hydrogens (tertiary/aromatic N) is 1. The molecule has 27 heavy (non-hydrogen) atoms. The Kier molecular flexibility index (Phi) is 4.51. The average Bonchev–Trinajstić information content (AvgIpc) is 3.26. The van der Waals surface area contributed by atoms with Gasteiger partial charge in [-0.15, -0.1) is 11.3 Å². The number of carbonyl (C=O) groups excluding carboxylic acids is 1. The highest BCUT2D eigenvalue weighted by atomic mass is 79.9. The molecule has 1 amide bonds. The van der Waals surface area contributed by atoms with Gasteiger partial charge in [-0.1, -0.05) is 40.2 Å². The molecule has 2 aromatic carbocycles. The fourth-order valence-electron chi connectivity index (χ4n) is 2.72. The van der Waals surface area contributed by atoms with Crippen LogP contribution in [-0.4, -0.2) is 27.0 Å². The van der Waals surface area contributed by atoms with E-state index in [0.717, 1.165) is 15.6 Å². The smallest absolute Gasteiger partial charge is 0.339 e. The third kappa shape index (κ3) is 3.36. The first-order chi connectivity index (χ1) is 13.0. The molecule has 2 aromatic heterocycles. The number of aromatic amines is 1. The van der Waals surface area contributed by atoms with Crippen LogP contribution in [-0.2, 0) is 0 Å². The van der Waals surface area contributed by atoms with E-state index >= 15 is 0 Å². The minimum absolute atomic E-state index is 0.0618. The zero-order valence-electron chi connectivity index (χ0n) is 13.7. The number of nitrogens with one attached hydrogen (secondary N) is 2. The highest BCUT2D eigenvalue weighted by Crippen LogP contribution is 2.36. The van der Waals surface area contributed by atoms with E-state index in [1.54, 1.807) is 11.4 Å². The second kappa shape index (κ2) is 6.98. The van der Waals surface area contributed by atoms with Crippen molar-refractivity contribution in [2.45, 2.75) is 0 Å². The Morgan fingerprint density at radius 1 is 1.11 bits per heavy atom. The topological polar surface area (TPSA) is 95.1 Å². The number of para-hydroxylation sites is 2. The SMILES string of the molecule is O=C(Nc1csc(-c2ccc(Br)cc2)c1C(=O)O)c1nc2ccccc2[nH]1. The molecule has 0 saturated carbocycles. The van der Waals surface area contributed by atoms with Crippen molar-refractivity contribution in [3.05, 3.63) is 69.8 Å². The maximum atomic E-state index is 12.5. The summed E-state index contributed by atoms with van der Waals surface area (Å²) in [7, 11) is 0. The predicted molar refractivity (Wildman–Crippen MR) is 108 cm³/mol. The molecule has 0 unspecified atom stereocenters. The van der Waals surface area contributed by atoms with Crippen LogP contribution in [0.2, 0.25) is 0 Å². The van der Waals surface area contributed by atoms with Crippen molar-refractivity contribution in [2.75, 3.05) is 5.32 Å². The molecule has 4 aromatic rings. The molecule has 0 fully saturated rings. The van der Waals surface area contributed by atoms with Crippen LogP contribution in [0.1, 0.15) is 21.0 Å². The lowest BCUT2D eigenvalue weighted by Gasteiger charge is -2.05. The first kappa shape index (κ1) is 17.4. The molecular formula is C19H12BrN3O3S. The van der Waals surface area contributed by atoms with Crippen molar-refractivity contribution in [1.82, 2.24) is 9.97 Å². The van der Waals surface area contributed by atoms with Gasteiger partial charge in [0.25, 0.3) is 5.91 Å². The minimum atomic E-state index is -1.10. The quantitative estimate of drug-likeness (QED) is 0.414. The van der Waals surface area contributed by atoms with E-state index in [1.807, 2.05) is 42.5 Å². The number of H-pyrrole nitrogens is 1. The molecule has 0 aliphatic carbocycles. The molecule has 0 bridgehead atoms. The maximum absolute atomic E-state index is 12.5. The zero-order chi connectivity index (χ0) is 19.0. The number of fused-ring (bicyclic) bond motifs is 1. The normalized spacial score (nSPS) is 10.9. The summed E-state index contributed by atoms with van der Waals surface area (Å²) in [4.78, 5) is 32.1. The van der Waals surface area contributed by atoms with Gasteiger partial charge < -0.3 is 15.4 Å². The Hall–Kier alpha value is -2.97. The van der Waals surface area contributed by atoms with E-state index in [9.17, 15) is 14.7 Å². The first-order valence-corrected chi connectivity index (χ1v) is 9.57. The number of hydrogen-bond acceptors (Lipinski definition) is 4. The predicted octanol–water partition coefficient (Wildman–Crippen LogP) is 5.00. The van der Waals surface area contributed by atoms with E-state index < -0.39 is 11.9 Å². The number of rotatable bonds is 4. The summed E-state index contributed by atoms with van der Waals surface area (Å²) < 4.78 is 0.901. The molecule has 0 spiro atoms. The molecule has 0 aliphatic rings. The number of carbonyl (C=O) groups is 2. The van der Waals surface area contributed by atoms with Crippen LogP contribution in [0, 0.1) is 0 Å². The summed E-state index contributed by atoms with van der Waals surface area (Å²) in [6.07, 6.45) is 0. The van der Waals surface area contributed by atoms with Gasteiger partial charge >= 0.3 is 5.97 Å². The molecule has 6 nitrogen and oxygen atoms in total. The summed E-state index contributed by atoms with van der Waals surface area (Å²) in [5.74, 6) is -1.47. The Balaban J connectivity index is 1.68. The summed E-state index contributed by atoms with van der Waals surface area (Å²) in [5, 5.41) is 14.0. The highest BCUT2D eigenvalue weighted by Gasteiger charge is 2.22. The lowest BCUT2D eigenvalue weighted by molar-refractivity contribution is 0.0699. The third-order valence-corrected chi connectivity index (χ3v) is 5.52. The third-order valence-electron chi connectivity index (χ3n) is 3.96. The monoisotopic (exact) mass is 441 g/mol. The van der Waals surface area contributed by atoms with Crippen LogP contribution in [0.5, 0.6) is 0 Å². The second-order valence-corrected chi connectivity index (χ2v) is 7.52. The summed E-state index contributed by atoms with van der Waals surface area (Å²) in [5.41, 5.74) is 2.48.